The quantitative estimate of drug-likeness (QED) is 0.818. The van der Waals surface area contributed by atoms with Gasteiger partial charge in [0.2, 0.25) is 0 Å². The van der Waals surface area contributed by atoms with Crippen LogP contribution in [0.1, 0.15) is 53.8 Å². The average molecular weight is 273 g/mol. The fraction of sp³-hybridized carbons (Fsp3) is 0.412. The summed E-state index contributed by atoms with van der Waals surface area (Å²) in [7, 11) is 2.03. The van der Waals surface area contributed by atoms with Crippen LogP contribution in [-0.2, 0) is 0 Å². The van der Waals surface area contributed by atoms with Gasteiger partial charge in [-0.15, -0.1) is 11.3 Å². The molecule has 102 valence electrons. The number of nitrogens with one attached hydrogen (secondary N) is 1. The van der Waals surface area contributed by atoms with Crippen LogP contribution in [0.4, 0.5) is 0 Å². The summed E-state index contributed by atoms with van der Waals surface area (Å²) in [6.45, 7) is 6.71. The SMILES string of the molecule is CCC(C)c1ccc(C(NC)c2sccc2C)cc1. The van der Waals surface area contributed by atoms with Gasteiger partial charge in [-0.2, -0.15) is 0 Å². The van der Waals surface area contributed by atoms with Crippen molar-refractivity contribution in [3.05, 3.63) is 57.3 Å². The fourth-order valence-corrected chi connectivity index (χ4v) is 3.44. The third kappa shape index (κ3) is 3.07. The van der Waals surface area contributed by atoms with Crippen LogP contribution >= 0.6 is 11.3 Å². The maximum absolute atomic E-state index is 3.43. The molecular weight excluding hydrogens is 250 g/mol. The number of benzene rings is 1. The molecule has 0 saturated heterocycles. The fourth-order valence-electron chi connectivity index (χ4n) is 2.38. The predicted octanol–water partition coefficient (Wildman–Crippen LogP) is 4.88. The minimum Gasteiger partial charge on any atom is -0.309 e. The maximum Gasteiger partial charge on any atom is 0.0671 e. The predicted molar refractivity (Wildman–Crippen MR) is 85.1 cm³/mol. The zero-order valence-corrected chi connectivity index (χ0v) is 13.1. The van der Waals surface area contributed by atoms with Crippen LogP contribution in [0.25, 0.3) is 0 Å². The molecule has 2 atom stereocenters. The summed E-state index contributed by atoms with van der Waals surface area (Å²) < 4.78 is 0. The van der Waals surface area contributed by atoms with Gasteiger partial charge in [0.15, 0.2) is 0 Å². The molecule has 0 bridgehead atoms. The molecule has 19 heavy (non-hydrogen) atoms. The van der Waals surface area contributed by atoms with E-state index in [4.69, 9.17) is 0 Å². The summed E-state index contributed by atoms with van der Waals surface area (Å²) in [5, 5.41) is 5.60. The first-order valence-corrected chi connectivity index (χ1v) is 7.86. The van der Waals surface area contributed by atoms with Crippen LogP contribution in [0.5, 0.6) is 0 Å². The van der Waals surface area contributed by atoms with E-state index in [-0.39, 0.29) is 0 Å². The van der Waals surface area contributed by atoms with Crippen molar-refractivity contribution in [1.82, 2.24) is 5.32 Å². The van der Waals surface area contributed by atoms with Crippen LogP contribution < -0.4 is 5.32 Å². The topological polar surface area (TPSA) is 12.0 Å². The highest BCUT2D eigenvalue weighted by Gasteiger charge is 2.15. The van der Waals surface area contributed by atoms with Gasteiger partial charge in [0.1, 0.15) is 0 Å². The Kier molecular flexibility index (Phi) is 4.78. The second kappa shape index (κ2) is 6.36. The number of rotatable bonds is 5. The first-order chi connectivity index (χ1) is 9.17. The molecule has 0 radical (unpaired) electrons. The Hall–Kier alpha value is -1.12. The zero-order valence-electron chi connectivity index (χ0n) is 12.2. The molecule has 0 amide bonds. The monoisotopic (exact) mass is 273 g/mol. The molecular formula is C17H23NS. The molecule has 1 heterocycles. The molecule has 1 nitrogen and oxygen atoms in total. The second-order valence-electron chi connectivity index (χ2n) is 5.17. The van der Waals surface area contributed by atoms with Gasteiger partial charge in [-0.1, -0.05) is 38.1 Å². The highest BCUT2D eigenvalue weighted by atomic mass is 32.1. The van der Waals surface area contributed by atoms with Crippen molar-refractivity contribution in [2.24, 2.45) is 0 Å². The molecule has 0 aliphatic carbocycles. The summed E-state index contributed by atoms with van der Waals surface area (Å²) >= 11 is 1.83. The van der Waals surface area contributed by atoms with E-state index in [0.29, 0.717) is 12.0 Å². The summed E-state index contributed by atoms with van der Waals surface area (Å²) in [4.78, 5) is 1.42. The first kappa shape index (κ1) is 14.3. The number of hydrogen-bond acceptors (Lipinski definition) is 2. The van der Waals surface area contributed by atoms with Crippen LogP contribution in [0.3, 0.4) is 0 Å². The molecule has 1 aromatic carbocycles. The molecule has 0 aliphatic heterocycles. The van der Waals surface area contributed by atoms with Crippen molar-refractivity contribution in [1.29, 1.82) is 0 Å². The lowest BCUT2D eigenvalue weighted by Crippen LogP contribution is -2.17. The van der Waals surface area contributed by atoms with Crippen LogP contribution in [0.15, 0.2) is 35.7 Å². The minimum atomic E-state index is 0.311. The summed E-state index contributed by atoms with van der Waals surface area (Å²) in [6.07, 6.45) is 1.19. The van der Waals surface area contributed by atoms with Crippen molar-refractivity contribution in [3.63, 3.8) is 0 Å². The first-order valence-electron chi connectivity index (χ1n) is 6.98. The molecule has 1 aromatic heterocycles. The maximum atomic E-state index is 3.43. The van der Waals surface area contributed by atoms with Crippen molar-refractivity contribution in [3.8, 4) is 0 Å². The summed E-state index contributed by atoms with van der Waals surface area (Å²) in [5.74, 6) is 0.644. The lowest BCUT2D eigenvalue weighted by Gasteiger charge is -2.18. The Bertz CT molecular complexity index is 512. The molecule has 0 spiro atoms. The average Bonchev–Trinajstić information content (AvgIpc) is 2.86. The molecule has 0 fully saturated rings. The molecule has 2 heteroatoms. The number of thiophene rings is 1. The Morgan fingerprint density at radius 1 is 1.11 bits per heavy atom. The molecule has 0 saturated carbocycles. The Morgan fingerprint density at radius 2 is 1.74 bits per heavy atom. The van der Waals surface area contributed by atoms with E-state index < -0.39 is 0 Å². The van der Waals surface area contributed by atoms with Gasteiger partial charge in [0, 0.05) is 4.88 Å². The van der Waals surface area contributed by atoms with Gasteiger partial charge in [0.05, 0.1) is 6.04 Å². The van der Waals surface area contributed by atoms with Crippen LogP contribution in [0, 0.1) is 6.92 Å². The molecule has 2 rings (SSSR count). The van der Waals surface area contributed by atoms with Crippen molar-refractivity contribution in [2.45, 2.75) is 39.2 Å². The normalized spacial score (nSPS) is 14.3. The third-order valence-corrected chi connectivity index (χ3v) is 4.99. The van der Waals surface area contributed by atoms with Crippen LogP contribution in [-0.4, -0.2) is 7.05 Å². The summed E-state index contributed by atoms with van der Waals surface area (Å²) in [6, 6.07) is 11.6. The lowest BCUT2D eigenvalue weighted by molar-refractivity contribution is 0.696. The van der Waals surface area contributed by atoms with Gasteiger partial charge in [-0.05, 0) is 54.4 Å². The van der Waals surface area contributed by atoms with E-state index in [0.717, 1.165) is 0 Å². The van der Waals surface area contributed by atoms with E-state index >= 15 is 0 Å². The standard InChI is InChI=1S/C17H23NS/c1-5-12(2)14-6-8-15(9-7-14)16(18-4)17-13(3)10-11-19-17/h6-12,16,18H,5H2,1-4H3. The lowest BCUT2D eigenvalue weighted by atomic mass is 9.95. The van der Waals surface area contributed by atoms with Gasteiger partial charge in [-0.25, -0.2) is 0 Å². The van der Waals surface area contributed by atoms with Gasteiger partial charge < -0.3 is 5.32 Å². The highest BCUT2D eigenvalue weighted by Crippen LogP contribution is 2.30. The van der Waals surface area contributed by atoms with Gasteiger partial charge in [0.25, 0.3) is 0 Å². The smallest absolute Gasteiger partial charge is 0.0671 e. The zero-order chi connectivity index (χ0) is 13.8. The van der Waals surface area contributed by atoms with Gasteiger partial charge >= 0.3 is 0 Å². The van der Waals surface area contributed by atoms with Gasteiger partial charge in [-0.3, -0.25) is 0 Å². The molecule has 0 aliphatic rings. The van der Waals surface area contributed by atoms with E-state index in [9.17, 15) is 0 Å². The van der Waals surface area contributed by atoms with Crippen molar-refractivity contribution in [2.75, 3.05) is 7.05 Å². The van der Waals surface area contributed by atoms with Crippen LogP contribution in [0.2, 0.25) is 0 Å². The Labute approximate surface area is 120 Å². The number of aryl methyl sites for hydroxylation is 1. The highest BCUT2D eigenvalue weighted by molar-refractivity contribution is 7.10. The Morgan fingerprint density at radius 3 is 2.21 bits per heavy atom. The molecule has 2 aromatic rings. The summed E-state index contributed by atoms with van der Waals surface area (Å²) in [5.41, 5.74) is 4.15. The minimum absolute atomic E-state index is 0.311. The Balaban J connectivity index is 2.27. The molecule has 2 unspecified atom stereocenters. The van der Waals surface area contributed by atoms with E-state index in [1.165, 1.54) is 28.0 Å². The van der Waals surface area contributed by atoms with E-state index in [1.54, 1.807) is 0 Å². The van der Waals surface area contributed by atoms with Crippen molar-refractivity contribution < 1.29 is 0 Å². The van der Waals surface area contributed by atoms with Crippen molar-refractivity contribution >= 4 is 11.3 Å². The largest absolute Gasteiger partial charge is 0.309 e. The third-order valence-electron chi connectivity index (χ3n) is 3.90. The number of hydrogen-bond donors (Lipinski definition) is 1. The van der Waals surface area contributed by atoms with E-state index in [1.807, 2.05) is 18.4 Å². The molecule has 1 N–H and O–H groups in total. The second-order valence-corrected chi connectivity index (χ2v) is 6.11. The van der Waals surface area contributed by atoms with E-state index in [2.05, 4.69) is 61.8 Å².